The van der Waals surface area contributed by atoms with Crippen LogP contribution in [0, 0.1) is 0 Å². The van der Waals surface area contributed by atoms with Crippen LogP contribution in [0.2, 0.25) is 0 Å². The van der Waals surface area contributed by atoms with Gasteiger partial charge in [0.1, 0.15) is 5.69 Å². The van der Waals surface area contributed by atoms with Gasteiger partial charge in [-0.15, -0.1) is 0 Å². The van der Waals surface area contributed by atoms with Crippen LogP contribution in [0.25, 0.3) is 11.0 Å². The molecule has 5 heteroatoms. The van der Waals surface area contributed by atoms with Crippen LogP contribution in [0.4, 0.5) is 0 Å². The predicted octanol–water partition coefficient (Wildman–Crippen LogP) is 1.13. The molecule has 2 rings (SSSR count). The minimum Gasteiger partial charge on any atom is -0.383 e. The molecule has 0 radical (unpaired) electrons. The molecular formula is C12H14N2O3. The number of aromatic nitrogens is 1. The van der Waals surface area contributed by atoms with E-state index in [9.17, 15) is 4.79 Å². The highest BCUT2D eigenvalue weighted by Gasteiger charge is 2.11. The van der Waals surface area contributed by atoms with Crippen molar-refractivity contribution in [2.75, 3.05) is 20.3 Å². The van der Waals surface area contributed by atoms with Crippen LogP contribution in [-0.4, -0.2) is 31.3 Å². The minimum atomic E-state index is -0.0823. The van der Waals surface area contributed by atoms with Crippen molar-refractivity contribution in [1.29, 1.82) is 0 Å². The molecule has 0 aliphatic heterocycles. The van der Waals surface area contributed by atoms with E-state index in [1.54, 1.807) is 7.11 Å². The van der Waals surface area contributed by atoms with Crippen molar-refractivity contribution < 1.29 is 14.1 Å². The molecule has 1 aromatic heterocycles. The van der Waals surface area contributed by atoms with Gasteiger partial charge in [0.05, 0.1) is 13.0 Å². The molecule has 1 heterocycles. The molecule has 0 aliphatic rings. The summed E-state index contributed by atoms with van der Waals surface area (Å²) in [5.41, 5.74) is 1.36. The van der Waals surface area contributed by atoms with Gasteiger partial charge in [0.2, 0.25) is 5.91 Å². The molecule has 0 bridgehead atoms. The molecule has 1 amide bonds. The summed E-state index contributed by atoms with van der Waals surface area (Å²) < 4.78 is 9.97. The maximum atomic E-state index is 11.6. The van der Waals surface area contributed by atoms with E-state index in [1.807, 2.05) is 24.3 Å². The molecule has 0 atom stereocenters. The molecule has 0 spiro atoms. The number of hydrogen-bond donors (Lipinski definition) is 1. The topological polar surface area (TPSA) is 64.4 Å². The molecule has 0 saturated heterocycles. The zero-order valence-corrected chi connectivity index (χ0v) is 9.60. The number of nitrogens with zero attached hydrogens (tertiary/aromatic N) is 1. The van der Waals surface area contributed by atoms with E-state index in [4.69, 9.17) is 9.26 Å². The average molecular weight is 234 g/mol. The fourth-order valence-electron chi connectivity index (χ4n) is 1.57. The van der Waals surface area contributed by atoms with E-state index < -0.39 is 0 Å². The van der Waals surface area contributed by atoms with E-state index in [1.165, 1.54) is 0 Å². The molecule has 2 aromatic rings. The highest BCUT2D eigenvalue weighted by molar-refractivity contribution is 5.86. The number of para-hydroxylation sites is 1. The molecule has 5 nitrogen and oxygen atoms in total. The van der Waals surface area contributed by atoms with Crippen molar-refractivity contribution in [3.05, 3.63) is 30.0 Å². The summed E-state index contributed by atoms with van der Waals surface area (Å²) in [7, 11) is 1.59. The first-order valence-corrected chi connectivity index (χ1v) is 5.40. The third-order valence-electron chi connectivity index (χ3n) is 2.41. The Morgan fingerprint density at radius 3 is 3.12 bits per heavy atom. The number of fused-ring (bicyclic) bond motifs is 1. The summed E-state index contributed by atoms with van der Waals surface area (Å²) in [6.07, 6.45) is 0.223. The molecular weight excluding hydrogens is 220 g/mol. The van der Waals surface area contributed by atoms with Crippen molar-refractivity contribution >= 4 is 16.9 Å². The Labute approximate surface area is 98.7 Å². The predicted molar refractivity (Wildman–Crippen MR) is 62.6 cm³/mol. The van der Waals surface area contributed by atoms with Gasteiger partial charge >= 0.3 is 0 Å². The summed E-state index contributed by atoms with van der Waals surface area (Å²) in [5, 5.41) is 7.52. The number of amides is 1. The first-order valence-electron chi connectivity index (χ1n) is 5.40. The van der Waals surface area contributed by atoms with Crippen LogP contribution in [0.3, 0.4) is 0 Å². The second-order valence-corrected chi connectivity index (χ2v) is 3.64. The third kappa shape index (κ3) is 2.82. The van der Waals surface area contributed by atoms with E-state index >= 15 is 0 Å². The SMILES string of the molecule is COCCNC(=O)Cc1noc2ccccc12. The van der Waals surface area contributed by atoms with Gasteiger partial charge in [-0.1, -0.05) is 17.3 Å². The summed E-state index contributed by atoms with van der Waals surface area (Å²) in [6, 6.07) is 7.49. The number of carbonyl (C=O) groups excluding carboxylic acids is 1. The number of rotatable bonds is 5. The molecule has 0 saturated carbocycles. The smallest absolute Gasteiger partial charge is 0.226 e. The van der Waals surface area contributed by atoms with Gasteiger partial charge in [0.25, 0.3) is 0 Å². The lowest BCUT2D eigenvalue weighted by Crippen LogP contribution is -2.28. The van der Waals surface area contributed by atoms with Crippen molar-refractivity contribution in [2.24, 2.45) is 0 Å². The molecule has 0 unspecified atom stereocenters. The fourth-order valence-corrected chi connectivity index (χ4v) is 1.57. The lowest BCUT2D eigenvalue weighted by atomic mass is 10.2. The molecule has 1 aromatic carbocycles. The van der Waals surface area contributed by atoms with Crippen LogP contribution < -0.4 is 5.32 Å². The highest BCUT2D eigenvalue weighted by Crippen LogP contribution is 2.17. The Bertz CT molecular complexity index is 507. The number of ether oxygens (including phenoxy) is 1. The maximum Gasteiger partial charge on any atom is 0.226 e. The number of methoxy groups -OCH3 is 1. The molecule has 0 aliphatic carbocycles. The van der Waals surface area contributed by atoms with E-state index in [2.05, 4.69) is 10.5 Å². The van der Waals surface area contributed by atoms with Crippen molar-refractivity contribution in [3.63, 3.8) is 0 Å². The average Bonchev–Trinajstić information content (AvgIpc) is 2.73. The Hall–Kier alpha value is -1.88. The zero-order chi connectivity index (χ0) is 12.1. The van der Waals surface area contributed by atoms with Crippen molar-refractivity contribution in [1.82, 2.24) is 10.5 Å². The number of nitrogens with one attached hydrogen (secondary N) is 1. The number of carbonyl (C=O) groups is 1. The summed E-state index contributed by atoms with van der Waals surface area (Å²) in [5.74, 6) is -0.0823. The van der Waals surface area contributed by atoms with E-state index in [-0.39, 0.29) is 12.3 Å². The van der Waals surface area contributed by atoms with Gasteiger partial charge < -0.3 is 14.6 Å². The van der Waals surface area contributed by atoms with Gasteiger partial charge in [0, 0.05) is 19.0 Å². The molecule has 17 heavy (non-hydrogen) atoms. The van der Waals surface area contributed by atoms with Crippen LogP contribution >= 0.6 is 0 Å². The van der Waals surface area contributed by atoms with Crippen LogP contribution in [0.5, 0.6) is 0 Å². The van der Waals surface area contributed by atoms with Crippen LogP contribution in [-0.2, 0) is 16.0 Å². The Morgan fingerprint density at radius 2 is 2.29 bits per heavy atom. The van der Waals surface area contributed by atoms with E-state index in [0.29, 0.717) is 24.4 Å². The summed E-state index contributed by atoms with van der Waals surface area (Å²) >= 11 is 0. The van der Waals surface area contributed by atoms with Crippen LogP contribution in [0.15, 0.2) is 28.8 Å². The van der Waals surface area contributed by atoms with Crippen molar-refractivity contribution in [3.8, 4) is 0 Å². The molecule has 0 fully saturated rings. The summed E-state index contributed by atoms with van der Waals surface area (Å²) in [4.78, 5) is 11.6. The van der Waals surface area contributed by atoms with E-state index in [0.717, 1.165) is 5.39 Å². The maximum absolute atomic E-state index is 11.6. The summed E-state index contributed by atoms with van der Waals surface area (Å²) in [6.45, 7) is 1.01. The lowest BCUT2D eigenvalue weighted by Gasteiger charge is -2.02. The standard InChI is InChI=1S/C12H14N2O3/c1-16-7-6-13-12(15)8-10-9-4-2-3-5-11(9)17-14-10/h2-5H,6-8H2,1H3,(H,13,15). The quantitative estimate of drug-likeness (QED) is 0.788. The highest BCUT2D eigenvalue weighted by atomic mass is 16.5. The monoisotopic (exact) mass is 234 g/mol. The number of hydrogen-bond acceptors (Lipinski definition) is 4. The largest absolute Gasteiger partial charge is 0.383 e. The normalized spacial score (nSPS) is 10.6. The van der Waals surface area contributed by atoms with Gasteiger partial charge in [-0.05, 0) is 12.1 Å². The second kappa shape index (κ2) is 5.45. The first-order chi connectivity index (χ1) is 8.31. The van der Waals surface area contributed by atoms with Gasteiger partial charge in [-0.2, -0.15) is 0 Å². The Balaban J connectivity index is 2.01. The third-order valence-corrected chi connectivity index (χ3v) is 2.41. The van der Waals surface area contributed by atoms with Crippen LogP contribution in [0.1, 0.15) is 5.69 Å². The Kier molecular flexibility index (Phi) is 3.72. The fraction of sp³-hybridized carbons (Fsp3) is 0.333. The zero-order valence-electron chi connectivity index (χ0n) is 9.60. The first kappa shape index (κ1) is 11.6. The Morgan fingerprint density at radius 1 is 1.47 bits per heavy atom. The second-order valence-electron chi connectivity index (χ2n) is 3.64. The minimum absolute atomic E-state index is 0.0823. The molecule has 90 valence electrons. The molecule has 1 N–H and O–H groups in total. The lowest BCUT2D eigenvalue weighted by molar-refractivity contribution is -0.120. The van der Waals surface area contributed by atoms with Gasteiger partial charge in [-0.3, -0.25) is 4.79 Å². The van der Waals surface area contributed by atoms with Gasteiger partial charge in [-0.25, -0.2) is 0 Å². The number of benzene rings is 1. The van der Waals surface area contributed by atoms with Gasteiger partial charge in [0.15, 0.2) is 5.58 Å². The van der Waals surface area contributed by atoms with Crippen molar-refractivity contribution in [2.45, 2.75) is 6.42 Å².